The van der Waals surface area contributed by atoms with E-state index in [0.717, 1.165) is 11.4 Å². The van der Waals surface area contributed by atoms with Gasteiger partial charge in [0.2, 0.25) is 5.95 Å². The first-order chi connectivity index (χ1) is 6.56. The second-order valence-electron chi connectivity index (χ2n) is 3.40. The maximum Gasteiger partial charge on any atom is 0.245 e. The summed E-state index contributed by atoms with van der Waals surface area (Å²) < 4.78 is 0. The monoisotopic (exact) mass is 214 g/mol. The molecule has 0 amide bonds. The number of hydrogen-bond acceptors (Lipinski definition) is 4. The van der Waals surface area contributed by atoms with Gasteiger partial charge in [-0.05, 0) is 20.8 Å². The molecule has 1 heterocycles. The minimum atomic E-state index is 0.209. The highest BCUT2D eigenvalue weighted by molar-refractivity contribution is 6.18. The van der Waals surface area contributed by atoms with Crippen LogP contribution in [0, 0.1) is 13.8 Å². The second kappa shape index (κ2) is 4.55. The van der Waals surface area contributed by atoms with Crippen LogP contribution >= 0.6 is 11.6 Å². The third kappa shape index (κ3) is 2.32. The Morgan fingerprint density at radius 2 is 1.93 bits per heavy atom. The van der Waals surface area contributed by atoms with Gasteiger partial charge in [0.25, 0.3) is 0 Å². The van der Waals surface area contributed by atoms with E-state index in [1.165, 1.54) is 0 Å². The molecule has 1 aromatic rings. The lowest BCUT2D eigenvalue weighted by molar-refractivity contribution is 0.714. The summed E-state index contributed by atoms with van der Waals surface area (Å²) in [4.78, 5) is 6.26. The topological polar surface area (TPSA) is 41.9 Å². The van der Waals surface area contributed by atoms with Crippen molar-refractivity contribution in [3.05, 3.63) is 11.4 Å². The van der Waals surface area contributed by atoms with E-state index in [2.05, 4.69) is 15.2 Å². The maximum atomic E-state index is 5.75. The number of alkyl halides is 1. The molecular weight excluding hydrogens is 200 g/mol. The van der Waals surface area contributed by atoms with Gasteiger partial charge < -0.3 is 4.90 Å². The van der Waals surface area contributed by atoms with Crippen LogP contribution < -0.4 is 4.90 Å². The van der Waals surface area contributed by atoms with Crippen molar-refractivity contribution in [3.8, 4) is 0 Å². The van der Waals surface area contributed by atoms with E-state index in [4.69, 9.17) is 11.6 Å². The van der Waals surface area contributed by atoms with E-state index < -0.39 is 0 Å². The van der Waals surface area contributed by atoms with Crippen molar-refractivity contribution in [2.45, 2.75) is 26.8 Å². The molecule has 0 aliphatic heterocycles. The van der Waals surface area contributed by atoms with E-state index in [-0.39, 0.29) is 6.04 Å². The van der Waals surface area contributed by atoms with Crippen LogP contribution in [0.1, 0.15) is 18.3 Å². The van der Waals surface area contributed by atoms with Gasteiger partial charge in [0.05, 0.1) is 11.4 Å². The zero-order valence-corrected chi connectivity index (χ0v) is 9.71. The average molecular weight is 215 g/mol. The first-order valence-electron chi connectivity index (χ1n) is 4.53. The predicted octanol–water partition coefficient (Wildman–Crippen LogP) is 1.55. The van der Waals surface area contributed by atoms with E-state index >= 15 is 0 Å². The van der Waals surface area contributed by atoms with Gasteiger partial charge >= 0.3 is 0 Å². The fraction of sp³-hybridized carbons (Fsp3) is 0.667. The summed E-state index contributed by atoms with van der Waals surface area (Å²) in [7, 11) is 1.92. The zero-order chi connectivity index (χ0) is 10.7. The summed E-state index contributed by atoms with van der Waals surface area (Å²) in [6.07, 6.45) is 0. The van der Waals surface area contributed by atoms with Gasteiger partial charge in [0.1, 0.15) is 0 Å². The van der Waals surface area contributed by atoms with Gasteiger partial charge in [-0.3, -0.25) is 0 Å². The second-order valence-corrected chi connectivity index (χ2v) is 3.71. The van der Waals surface area contributed by atoms with E-state index in [9.17, 15) is 0 Å². The van der Waals surface area contributed by atoms with Crippen molar-refractivity contribution in [2.75, 3.05) is 17.8 Å². The molecule has 0 N–H and O–H groups in total. The fourth-order valence-electron chi connectivity index (χ4n) is 0.895. The fourth-order valence-corrected chi connectivity index (χ4v) is 1.10. The normalized spacial score (nSPS) is 12.6. The summed E-state index contributed by atoms with van der Waals surface area (Å²) >= 11 is 5.75. The van der Waals surface area contributed by atoms with Gasteiger partial charge in [-0.1, -0.05) is 0 Å². The Morgan fingerprint density at radius 1 is 1.29 bits per heavy atom. The van der Waals surface area contributed by atoms with E-state index in [1.807, 2.05) is 32.7 Å². The average Bonchev–Trinajstić information content (AvgIpc) is 2.20. The van der Waals surface area contributed by atoms with Gasteiger partial charge in [-0.2, -0.15) is 5.10 Å². The summed E-state index contributed by atoms with van der Waals surface area (Å²) in [6, 6.07) is 0.209. The van der Waals surface area contributed by atoms with Crippen LogP contribution in [0.3, 0.4) is 0 Å². The molecule has 0 spiro atoms. The molecule has 0 saturated carbocycles. The predicted molar refractivity (Wildman–Crippen MR) is 57.9 cm³/mol. The molecule has 0 aromatic carbocycles. The summed E-state index contributed by atoms with van der Waals surface area (Å²) in [5.41, 5.74) is 1.77. The highest BCUT2D eigenvalue weighted by Gasteiger charge is 2.12. The van der Waals surface area contributed by atoms with Gasteiger partial charge in [-0.15, -0.1) is 16.7 Å². The van der Waals surface area contributed by atoms with Crippen molar-refractivity contribution in [1.82, 2.24) is 15.2 Å². The van der Waals surface area contributed by atoms with Crippen molar-refractivity contribution in [3.63, 3.8) is 0 Å². The Labute approximate surface area is 89.3 Å². The lowest BCUT2D eigenvalue weighted by Crippen LogP contribution is -2.32. The van der Waals surface area contributed by atoms with Gasteiger partial charge in [0, 0.05) is 19.0 Å². The molecule has 14 heavy (non-hydrogen) atoms. The molecule has 4 nitrogen and oxygen atoms in total. The SMILES string of the molecule is Cc1nnc(N(C)C(C)CCl)nc1C. The Kier molecular flexibility index (Phi) is 3.63. The highest BCUT2D eigenvalue weighted by Crippen LogP contribution is 2.10. The molecule has 0 fully saturated rings. The number of aryl methyl sites for hydroxylation is 2. The molecule has 0 radical (unpaired) electrons. The third-order valence-corrected chi connectivity index (χ3v) is 2.73. The van der Waals surface area contributed by atoms with Crippen molar-refractivity contribution < 1.29 is 0 Å². The molecule has 1 aromatic heterocycles. The number of aromatic nitrogens is 3. The minimum absolute atomic E-state index is 0.209. The van der Waals surface area contributed by atoms with E-state index in [0.29, 0.717) is 11.8 Å². The van der Waals surface area contributed by atoms with Crippen molar-refractivity contribution >= 4 is 17.5 Å². The highest BCUT2D eigenvalue weighted by atomic mass is 35.5. The molecule has 5 heteroatoms. The first kappa shape index (κ1) is 11.2. The summed E-state index contributed by atoms with van der Waals surface area (Å²) in [5.74, 6) is 1.17. The van der Waals surface area contributed by atoms with Gasteiger partial charge in [0.15, 0.2) is 0 Å². The first-order valence-corrected chi connectivity index (χ1v) is 5.06. The van der Waals surface area contributed by atoms with Crippen LogP contribution in [0.15, 0.2) is 0 Å². The lowest BCUT2D eigenvalue weighted by atomic mass is 10.3. The summed E-state index contributed by atoms with van der Waals surface area (Å²) in [6.45, 7) is 5.84. The van der Waals surface area contributed by atoms with Crippen LogP contribution in [0.4, 0.5) is 5.95 Å². The number of hydrogen-bond donors (Lipinski definition) is 0. The smallest absolute Gasteiger partial charge is 0.245 e. The van der Waals surface area contributed by atoms with Crippen LogP contribution in [-0.4, -0.2) is 34.2 Å². The van der Waals surface area contributed by atoms with Crippen molar-refractivity contribution in [1.29, 1.82) is 0 Å². The largest absolute Gasteiger partial charge is 0.339 e. The molecule has 0 saturated heterocycles. The van der Waals surface area contributed by atoms with Crippen LogP contribution in [0.25, 0.3) is 0 Å². The molecule has 0 aliphatic rings. The molecule has 1 atom stereocenters. The number of rotatable bonds is 3. The van der Waals surface area contributed by atoms with Crippen molar-refractivity contribution in [2.24, 2.45) is 0 Å². The Hall–Kier alpha value is -0.900. The lowest BCUT2D eigenvalue weighted by Gasteiger charge is -2.22. The van der Waals surface area contributed by atoms with Crippen LogP contribution in [0.5, 0.6) is 0 Å². The molecular formula is C9H15ClN4. The Bertz CT molecular complexity index is 316. The number of nitrogens with zero attached hydrogens (tertiary/aromatic N) is 4. The molecule has 0 aliphatic carbocycles. The Balaban J connectivity index is 2.91. The third-order valence-electron chi connectivity index (χ3n) is 2.28. The molecule has 1 rings (SSSR count). The van der Waals surface area contributed by atoms with Gasteiger partial charge in [-0.25, -0.2) is 4.98 Å². The molecule has 78 valence electrons. The quantitative estimate of drug-likeness (QED) is 0.717. The van der Waals surface area contributed by atoms with Crippen LogP contribution in [0.2, 0.25) is 0 Å². The zero-order valence-electron chi connectivity index (χ0n) is 8.95. The number of anilines is 1. The maximum absolute atomic E-state index is 5.75. The standard InChI is InChI=1S/C9H15ClN4/c1-6(5-10)14(4)9-11-7(2)8(3)12-13-9/h6H,5H2,1-4H3. The Morgan fingerprint density at radius 3 is 2.43 bits per heavy atom. The number of halogens is 1. The van der Waals surface area contributed by atoms with Crippen LogP contribution in [-0.2, 0) is 0 Å². The summed E-state index contributed by atoms with van der Waals surface area (Å²) in [5, 5.41) is 8.03. The molecule has 1 unspecified atom stereocenters. The minimum Gasteiger partial charge on any atom is -0.339 e. The van der Waals surface area contributed by atoms with E-state index in [1.54, 1.807) is 0 Å². The molecule has 0 bridgehead atoms.